The van der Waals surface area contributed by atoms with Crippen LogP contribution in [0.4, 0.5) is 0 Å². The molecule has 0 atom stereocenters. The van der Waals surface area contributed by atoms with Crippen molar-refractivity contribution in [3.63, 3.8) is 0 Å². The van der Waals surface area contributed by atoms with Crippen LogP contribution in [0.3, 0.4) is 0 Å². The van der Waals surface area contributed by atoms with E-state index in [1.54, 1.807) is 0 Å². The standard InChI is InChI=1S/C7H9IN2/c8-3-7-4-9-5-10(7)6-1-2-6/h4-6H,1-3H2. The summed E-state index contributed by atoms with van der Waals surface area (Å²) in [6.07, 6.45) is 6.61. The predicted octanol–water partition coefficient (Wildman–Crippen LogP) is 2.15. The number of aromatic nitrogens is 2. The second-order valence-corrected chi connectivity index (χ2v) is 3.42. The molecular formula is C7H9IN2. The Morgan fingerprint density at radius 3 is 3.10 bits per heavy atom. The van der Waals surface area contributed by atoms with Crippen molar-refractivity contribution in [1.82, 2.24) is 9.55 Å². The number of imidazole rings is 1. The van der Waals surface area contributed by atoms with Crippen LogP contribution in [-0.4, -0.2) is 9.55 Å². The van der Waals surface area contributed by atoms with Gasteiger partial charge in [0.05, 0.1) is 6.33 Å². The summed E-state index contributed by atoms with van der Waals surface area (Å²) in [5, 5.41) is 0. The van der Waals surface area contributed by atoms with E-state index >= 15 is 0 Å². The zero-order valence-electron chi connectivity index (χ0n) is 5.63. The Morgan fingerprint density at radius 1 is 1.70 bits per heavy atom. The van der Waals surface area contributed by atoms with Crippen LogP contribution in [0.15, 0.2) is 12.5 Å². The van der Waals surface area contributed by atoms with Crippen molar-refractivity contribution in [1.29, 1.82) is 0 Å². The first-order valence-corrected chi connectivity index (χ1v) is 5.01. The van der Waals surface area contributed by atoms with E-state index < -0.39 is 0 Å². The van der Waals surface area contributed by atoms with Gasteiger partial charge < -0.3 is 4.57 Å². The summed E-state index contributed by atoms with van der Waals surface area (Å²) in [4.78, 5) is 4.11. The second-order valence-electron chi connectivity index (χ2n) is 2.66. The zero-order valence-corrected chi connectivity index (χ0v) is 7.78. The Kier molecular flexibility index (Phi) is 1.68. The van der Waals surface area contributed by atoms with Crippen molar-refractivity contribution in [2.75, 3.05) is 0 Å². The lowest BCUT2D eigenvalue weighted by Crippen LogP contribution is -1.95. The summed E-state index contributed by atoms with van der Waals surface area (Å²) in [6, 6.07) is 0.785. The van der Waals surface area contributed by atoms with Gasteiger partial charge in [0.25, 0.3) is 0 Å². The van der Waals surface area contributed by atoms with Gasteiger partial charge in [0.1, 0.15) is 0 Å². The molecule has 10 heavy (non-hydrogen) atoms. The molecule has 2 nitrogen and oxygen atoms in total. The highest BCUT2D eigenvalue weighted by atomic mass is 127. The van der Waals surface area contributed by atoms with Crippen molar-refractivity contribution in [3.8, 4) is 0 Å². The first-order chi connectivity index (χ1) is 4.92. The van der Waals surface area contributed by atoms with Gasteiger partial charge >= 0.3 is 0 Å². The molecule has 3 heteroatoms. The fourth-order valence-electron chi connectivity index (χ4n) is 1.12. The van der Waals surface area contributed by atoms with Crippen molar-refractivity contribution in [2.45, 2.75) is 23.3 Å². The molecule has 0 saturated heterocycles. The van der Waals surface area contributed by atoms with E-state index in [0.29, 0.717) is 0 Å². The fourth-order valence-corrected chi connectivity index (χ4v) is 1.71. The highest BCUT2D eigenvalue weighted by Crippen LogP contribution is 2.35. The van der Waals surface area contributed by atoms with Crippen LogP contribution >= 0.6 is 22.6 Å². The van der Waals surface area contributed by atoms with Gasteiger partial charge in [-0.2, -0.15) is 0 Å². The Morgan fingerprint density at radius 2 is 2.50 bits per heavy atom. The van der Waals surface area contributed by atoms with Gasteiger partial charge in [0.15, 0.2) is 0 Å². The smallest absolute Gasteiger partial charge is 0.0951 e. The maximum absolute atomic E-state index is 4.11. The molecule has 1 aliphatic carbocycles. The molecule has 0 radical (unpaired) electrons. The number of rotatable bonds is 2. The van der Waals surface area contributed by atoms with E-state index in [-0.39, 0.29) is 0 Å². The number of hydrogen-bond acceptors (Lipinski definition) is 1. The van der Waals surface area contributed by atoms with E-state index in [9.17, 15) is 0 Å². The van der Waals surface area contributed by atoms with Crippen LogP contribution in [-0.2, 0) is 4.43 Å². The number of alkyl halides is 1. The normalized spacial score (nSPS) is 17.7. The van der Waals surface area contributed by atoms with E-state index in [4.69, 9.17) is 0 Å². The molecule has 0 spiro atoms. The zero-order chi connectivity index (χ0) is 6.97. The summed E-state index contributed by atoms with van der Waals surface area (Å²) in [5.74, 6) is 0. The predicted molar refractivity (Wildman–Crippen MR) is 48.2 cm³/mol. The molecular weight excluding hydrogens is 239 g/mol. The Balaban J connectivity index is 2.28. The molecule has 1 aromatic rings. The van der Waals surface area contributed by atoms with Crippen LogP contribution in [0.1, 0.15) is 24.6 Å². The Labute approximate surface area is 73.8 Å². The Hall–Kier alpha value is -0.0600. The van der Waals surface area contributed by atoms with Gasteiger partial charge in [-0.25, -0.2) is 4.98 Å². The largest absolute Gasteiger partial charge is 0.331 e. The van der Waals surface area contributed by atoms with Crippen molar-refractivity contribution < 1.29 is 0 Å². The molecule has 0 bridgehead atoms. The average Bonchev–Trinajstić information content (AvgIpc) is 2.69. The van der Waals surface area contributed by atoms with Crippen LogP contribution in [0, 0.1) is 0 Å². The highest BCUT2D eigenvalue weighted by Gasteiger charge is 2.24. The van der Waals surface area contributed by atoms with E-state index in [2.05, 4.69) is 32.1 Å². The van der Waals surface area contributed by atoms with Gasteiger partial charge in [-0.1, -0.05) is 22.6 Å². The molecule has 1 aliphatic rings. The minimum Gasteiger partial charge on any atom is -0.331 e. The minimum atomic E-state index is 0.785. The maximum atomic E-state index is 4.11. The van der Waals surface area contributed by atoms with Gasteiger partial charge in [0, 0.05) is 22.4 Å². The molecule has 54 valence electrons. The first kappa shape index (κ1) is 6.64. The number of nitrogens with zero attached hydrogens (tertiary/aromatic N) is 2. The molecule has 1 saturated carbocycles. The van der Waals surface area contributed by atoms with Crippen molar-refractivity contribution >= 4 is 22.6 Å². The van der Waals surface area contributed by atoms with Crippen molar-refractivity contribution in [2.24, 2.45) is 0 Å². The molecule has 0 aromatic carbocycles. The first-order valence-electron chi connectivity index (χ1n) is 3.48. The van der Waals surface area contributed by atoms with Gasteiger partial charge in [-0.15, -0.1) is 0 Å². The van der Waals surface area contributed by atoms with Gasteiger partial charge in [0.2, 0.25) is 0 Å². The fraction of sp³-hybridized carbons (Fsp3) is 0.571. The van der Waals surface area contributed by atoms with Crippen molar-refractivity contribution in [3.05, 3.63) is 18.2 Å². The third-order valence-corrected chi connectivity index (χ3v) is 2.60. The number of halogens is 1. The van der Waals surface area contributed by atoms with Crippen LogP contribution < -0.4 is 0 Å². The van der Waals surface area contributed by atoms with E-state index in [0.717, 1.165) is 10.5 Å². The topological polar surface area (TPSA) is 17.8 Å². The minimum absolute atomic E-state index is 0.785. The monoisotopic (exact) mass is 248 g/mol. The van der Waals surface area contributed by atoms with Gasteiger partial charge in [-0.3, -0.25) is 0 Å². The molecule has 1 heterocycles. The molecule has 0 N–H and O–H groups in total. The summed E-state index contributed by atoms with van der Waals surface area (Å²) in [6.45, 7) is 0. The third-order valence-electron chi connectivity index (χ3n) is 1.82. The highest BCUT2D eigenvalue weighted by molar-refractivity contribution is 14.1. The van der Waals surface area contributed by atoms with Crippen LogP contribution in [0.25, 0.3) is 0 Å². The van der Waals surface area contributed by atoms with Crippen LogP contribution in [0.2, 0.25) is 0 Å². The van der Waals surface area contributed by atoms with Crippen LogP contribution in [0.5, 0.6) is 0 Å². The lowest BCUT2D eigenvalue weighted by atomic mass is 10.5. The lowest BCUT2D eigenvalue weighted by molar-refractivity contribution is 0.716. The molecule has 0 amide bonds. The quantitative estimate of drug-likeness (QED) is 0.579. The summed E-state index contributed by atoms with van der Waals surface area (Å²) in [7, 11) is 0. The number of hydrogen-bond donors (Lipinski definition) is 0. The summed E-state index contributed by atoms with van der Waals surface area (Å²) in [5.41, 5.74) is 1.36. The summed E-state index contributed by atoms with van der Waals surface area (Å²) >= 11 is 2.38. The molecule has 1 fully saturated rings. The molecule has 0 aliphatic heterocycles. The maximum Gasteiger partial charge on any atom is 0.0951 e. The molecule has 1 aromatic heterocycles. The molecule has 2 rings (SSSR count). The van der Waals surface area contributed by atoms with E-state index in [1.807, 2.05) is 12.5 Å². The second kappa shape index (κ2) is 2.53. The average molecular weight is 248 g/mol. The third kappa shape index (κ3) is 1.07. The Bertz CT molecular complexity index is 227. The lowest BCUT2D eigenvalue weighted by Gasteiger charge is -2.00. The molecule has 0 unspecified atom stereocenters. The van der Waals surface area contributed by atoms with Gasteiger partial charge in [-0.05, 0) is 12.8 Å². The van der Waals surface area contributed by atoms with E-state index in [1.165, 1.54) is 18.5 Å². The summed E-state index contributed by atoms with van der Waals surface area (Å²) < 4.78 is 3.38. The SMILES string of the molecule is ICc1cncn1C1CC1.